The summed E-state index contributed by atoms with van der Waals surface area (Å²) in [5.41, 5.74) is 0.393. The average molecular weight is 418 g/mol. The van der Waals surface area contributed by atoms with E-state index < -0.39 is 11.5 Å². The van der Waals surface area contributed by atoms with E-state index in [0.717, 1.165) is 17.1 Å². The van der Waals surface area contributed by atoms with Gasteiger partial charge in [0.1, 0.15) is 11.5 Å². The number of likely N-dealkylation sites (tertiary alicyclic amines) is 1. The van der Waals surface area contributed by atoms with Gasteiger partial charge in [0, 0.05) is 32.1 Å². The first-order valence-electron chi connectivity index (χ1n) is 10.1. The molecule has 0 bridgehead atoms. The maximum Gasteiger partial charge on any atom is 0.311 e. The van der Waals surface area contributed by atoms with Crippen LogP contribution in [0, 0.1) is 5.92 Å². The van der Waals surface area contributed by atoms with Gasteiger partial charge in [0.15, 0.2) is 0 Å². The molecule has 164 valence electrons. The molecule has 2 aliphatic rings. The third-order valence-electron chi connectivity index (χ3n) is 6.00. The molecule has 2 heterocycles. The minimum absolute atomic E-state index is 0.108. The molecule has 1 amide bonds. The Bertz CT molecular complexity index is 766. The number of carbonyl (C=O) groups is 2. The van der Waals surface area contributed by atoms with Gasteiger partial charge in [-0.05, 0) is 30.5 Å². The number of esters is 1. The van der Waals surface area contributed by atoms with Crippen LogP contribution in [0.2, 0.25) is 0 Å². The van der Waals surface area contributed by atoms with Gasteiger partial charge in [-0.1, -0.05) is 6.08 Å². The van der Waals surface area contributed by atoms with Crippen LogP contribution in [0.5, 0.6) is 11.5 Å². The zero-order valence-corrected chi connectivity index (χ0v) is 17.9. The van der Waals surface area contributed by atoms with Crippen LogP contribution in [-0.4, -0.2) is 68.4 Å². The predicted molar refractivity (Wildman–Crippen MR) is 110 cm³/mol. The second-order valence-electron chi connectivity index (χ2n) is 7.65. The third kappa shape index (κ3) is 4.29. The SMILES string of the molecule is C=CCON1C(=O)CC(C(=O)OC)C12CCN(Cc1cc(OC)cc(OC)c1)CC2. The Hall–Kier alpha value is -2.58. The number of ether oxygens (including phenoxy) is 3. The standard InChI is InChI=1S/C22H30N2O6/c1-5-10-30-24-20(25)14-19(21(26)29-4)22(24)6-8-23(9-7-22)15-16-11-17(27-2)13-18(12-16)28-3/h5,11-13,19H,1,6-10,14-15H2,2-4H3. The monoisotopic (exact) mass is 418 g/mol. The number of benzene rings is 1. The molecular formula is C22H30N2O6. The van der Waals surface area contributed by atoms with Gasteiger partial charge >= 0.3 is 5.97 Å². The summed E-state index contributed by atoms with van der Waals surface area (Å²) in [5, 5.41) is 1.42. The quantitative estimate of drug-likeness (QED) is 0.473. The first-order chi connectivity index (χ1) is 14.5. The highest BCUT2D eigenvalue weighted by Crippen LogP contribution is 2.44. The van der Waals surface area contributed by atoms with Crippen molar-refractivity contribution < 1.29 is 28.6 Å². The van der Waals surface area contributed by atoms with Crippen LogP contribution in [0.1, 0.15) is 24.8 Å². The fourth-order valence-electron chi connectivity index (χ4n) is 4.48. The van der Waals surface area contributed by atoms with E-state index in [1.165, 1.54) is 12.2 Å². The molecule has 1 spiro atoms. The largest absolute Gasteiger partial charge is 0.497 e. The highest BCUT2D eigenvalue weighted by molar-refractivity contribution is 5.88. The van der Waals surface area contributed by atoms with Crippen molar-refractivity contribution in [3.63, 3.8) is 0 Å². The second-order valence-corrected chi connectivity index (χ2v) is 7.65. The fourth-order valence-corrected chi connectivity index (χ4v) is 4.48. The molecule has 2 saturated heterocycles. The van der Waals surface area contributed by atoms with Crippen molar-refractivity contribution >= 4 is 11.9 Å². The number of hydroxylamine groups is 2. The molecule has 30 heavy (non-hydrogen) atoms. The lowest BCUT2D eigenvalue weighted by Gasteiger charge is -2.45. The number of hydrogen-bond acceptors (Lipinski definition) is 7. The summed E-state index contributed by atoms with van der Waals surface area (Å²) in [4.78, 5) is 33.1. The number of carbonyl (C=O) groups excluding carboxylic acids is 2. The van der Waals surface area contributed by atoms with E-state index in [0.29, 0.717) is 32.5 Å². The van der Waals surface area contributed by atoms with Crippen molar-refractivity contribution in [3.8, 4) is 11.5 Å². The lowest BCUT2D eigenvalue weighted by Crippen LogP contribution is -2.57. The van der Waals surface area contributed by atoms with Crippen molar-refractivity contribution in [3.05, 3.63) is 36.4 Å². The first kappa shape index (κ1) is 22.1. The van der Waals surface area contributed by atoms with Gasteiger partial charge in [0.05, 0.1) is 39.4 Å². The summed E-state index contributed by atoms with van der Waals surface area (Å²) < 4.78 is 15.7. The summed E-state index contributed by atoms with van der Waals surface area (Å²) in [7, 11) is 4.62. The van der Waals surface area contributed by atoms with Gasteiger partial charge < -0.3 is 14.2 Å². The van der Waals surface area contributed by atoms with Crippen molar-refractivity contribution in [2.24, 2.45) is 5.92 Å². The number of amides is 1. The van der Waals surface area contributed by atoms with Crippen LogP contribution in [0.15, 0.2) is 30.9 Å². The van der Waals surface area contributed by atoms with Gasteiger partial charge in [0.25, 0.3) is 0 Å². The van der Waals surface area contributed by atoms with Crippen molar-refractivity contribution in [1.29, 1.82) is 0 Å². The summed E-state index contributed by atoms with van der Waals surface area (Å²) in [6, 6.07) is 5.82. The first-order valence-corrected chi connectivity index (χ1v) is 10.1. The number of methoxy groups -OCH3 is 3. The normalized spacial score (nSPS) is 21.0. The van der Waals surface area contributed by atoms with Crippen LogP contribution < -0.4 is 9.47 Å². The van der Waals surface area contributed by atoms with Gasteiger partial charge in [0.2, 0.25) is 5.91 Å². The third-order valence-corrected chi connectivity index (χ3v) is 6.00. The summed E-state index contributed by atoms with van der Waals surface area (Å²) in [6.07, 6.45) is 2.95. The predicted octanol–water partition coefficient (Wildman–Crippen LogP) is 2.18. The molecule has 0 aliphatic carbocycles. The van der Waals surface area contributed by atoms with Gasteiger partial charge in [-0.3, -0.25) is 19.3 Å². The van der Waals surface area contributed by atoms with Crippen LogP contribution in [0.3, 0.4) is 0 Å². The molecule has 1 unspecified atom stereocenters. The Balaban J connectivity index is 1.75. The zero-order valence-electron chi connectivity index (χ0n) is 17.9. The highest BCUT2D eigenvalue weighted by Gasteiger charge is 2.58. The van der Waals surface area contributed by atoms with Crippen LogP contribution in [0.25, 0.3) is 0 Å². The molecule has 1 aromatic carbocycles. The van der Waals surface area contributed by atoms with E-state index >= 15 is 0 Å². The summed E-state index contributed by atoms with van der Waals surface area (Å²) >= 11 is 0. The molecule has 0 saturated carbocycles. The molecule has 0 aromatic heterocycles. The topological polar surface area (TPSA) is 77.5 Å². The van der Waals surface area contributed by atoms with Gasteiger partial charge in [-0.25, -0.2) is 5.06 Å². The van der Waals surface area contributed by atoms with E-state index in [1.807, 2.05) is 18.2 Å². The Kier molecular flexibility index (Phi) is 6.99. The zero-order chi connectivity index (χ0) is 21.7. The van der Waals surface area contributed by atoms with E-state index in [4.69, 9.17) is 19.0 Å². The number of piperidine rings is 1. The van der Waals surface area contributed by atoms with Crippen LogP contribution in [0.4, 0.5) is 0 Å². The van der Waals surface area contributed by atoms with Gasteiger partial charge in [-0.15, -0.1) is 6.58 Å². The minimum atomic E-state index is -0.685. The maximum absolute atomic E-state index is 12.6. The molecule has 3 rings (SSSR count). The minimum Gasteiger partial charge on any atom is -0.497 e. The molecule has 2 fully saturated rings. The smallest absolute Gasteiger partial charge is 0.311 e. The van der Waals surface area contributed by atoms with Crippen molar-refractivity contribution in [1.82, 2.24) is 9.96 Å². The number of hydrogen-bond donors (Lipinski definition) is 0. The van der Waals surface area contributed by atoms with E-state index in [-0.39, 0.29) is 24.9 Å². The Morgan fingerprint density at radius 1 is 1.17 bits per heavy atom. The van der Waals surface area contributed by atoms with Crippen LogP contribution in [-0.2, 0) is 25.7 Å². The maximum atomic E-state index is 12.6. The lowest BCUT2D eigenvalue weighted by molar-refractivity contribution is -0.218. The Labute approximate surface area is 177 Å². The second kappa shape index (κ2) is 9.49. The van der Waals surface area contributed by atoms with Crippen molar-refractivity contribution in [2.45, 2.75) is 31.3 Å². The van der Waals surface area contributed by atoms with E-state index in [2.05, 4.69) is 11.5 Å². The molecule has 0 N–H and O–H groups in total. The number of nitrogens with zero attached hydrogens (tertiary/aromatic N) is 2. The Morgan fingerprint density at radius 3 is 2.33 bits per heavy atom. The van der Waals surface area contributed by atoms with Crippen molar-refractivity contribution in [2.75, 3.05) is 41.0 Å². The molecule has 8 nitrogen and oxygen atoms in total. The molecule has 1 atom stereocenters. The fraction of sp³-hybridized carbons (Fsp3) is 0.545. The Morgan fingerprint density at radius 2 is 1.80 bits per heavy atom. The average Bonchev–Trinajstić information content (AvgIpc) is 3.04. The van der Waals surface area contributed by atoms with E-state index in [1.54, 1.807) is 20.3 Å². The summed E-state index contributed by atoms with van der Waals surface area (Å²) in [6.45, 7) is 6.02. The van der Waals surface area contributed by atoms with E-state index in [9.17, 15) is 9.59 Å². The lowest BCUT2D eigenvalue weighted by atomic mass is 9.77. The molecule has 0 radical (unpaired) electrons. The summed E-state index contributed by atoms with van der Waals surface area (Å²) in [5.74, 6) is 0.416. The molecular weight excluding hydrogens is 388 g/mol. The molecule has 8 heteroatoms. The van der Waals surface area contributed by atoms with Crippen LogP contribution >= 0.6 is 0 Å². The van der Waals surface area contributed by atoms with Gasteiger partial charge in [-0.2, -0.15) is 0 Å². The molecule has 1 aromatic rings. The molecule has 2 aliphatic heterocycles. The highest BCUT2D eigenvalue weighted by atomic mass is 16.7. The number of rotatable bonds is 8.